The molecule has 1 unspecified atom stereocenters. The second-order valence-corrected chi connectivity index (χ2v) is 6.20. The van der Waals surface area contributed by atoms with E-state index in [0.717, 1.165) is 24.0 Å². The maximum atomic E-state index is 13.7. The predicted octanol–water partition coefficient (Wildman–Crippen LogP) is 4.68. The van der Waals surface area contributed by atoms with Crippen molar-refractivity contribution in [2.24, 2.45) is 0 Å². The van der Waals surface area contributed by atoms with Gasteiger partial charge in [0.25, 0.3) is 0 Å². The number of thioether (sulfide) groups is 1. The van der Waals surface area contributed by atoms with Gasteiger partial charge in [-0.25, -0.2) is 8.78 Å². The van der Waals surface area contributed by atoms with Crippen LogP contribution in [0, 0.1) is 16.4 Å². The summed E-state index contributed by atoms with van der Waals surface area (Å²) in [5, 5.41) is 0. The predicted molar refractivity (Wildman–Crippen MR) is 79.4 cm³/mol. The Balaban J connectivity index is 2.42. The average molecular weight is 302 g/mol. The van der Waals surface area contributed by atoms with Crippen molar-refractivity contribution in [1.29, 1.82) is 0 Å². The van der Waals surface area contributed by atoms with E-state index in [4.69, 9.17) is 12.2 Å². The minimum Gasteiger partial charge on any atom is -0.328 e. The third-order valence-corrected chi connectivity index (χ3v) is 4.30. The van der Waals surface area contributed by atoms with Crippen LogP contribution in [0.2, 0.25) is 0 Å². The Morgan fingerprint density at radius 1 is 1.42 bits per heavy atom. The van der Waals surface area contributed by atoms with Crippen LogP contribution < -0.4 is 0 Å². The maximum absolute atomic E-state index is 13.7. The highest BCUT2D eigenvalue weighted by atomic mass is 32.2. The molecular formula is C13H16F2N2S2. The number of hydrogen-bond acceptors (Lipinski definition) is 2. The van der Waals surface area contributed by atoms with Crippen molar-refractivity contribution < 1.29 is 8.78 Å². The van der Waals surface area contributed by atoms with Gasteiger partial charge in [0.15, 0.2) is 10.6 Å². The summed E-state index contributed by atoms with van der Waals surface area (Å²) in [5.41, 5.74) is 0.776. The van der Waals surface area contributed by atoms with Gasteiger partial charge in [-0.3, -0.25) is 0 Å². The number of H-pyrrole nitrogens is 1. The number of nitrogens with zero attached hydrogens (tertiary/aromatic N) is 1. The van der Waals surface area contributed by atoms with E-state index in [-0.39, 0.29) is 11.6 Å². The Bertz CT molecular complexity index is 633. The van der Waals surface area contributed by atoms with Crippen molar-refractivity contribution >= 4 is 35.0 Å². The summed E-state index contributed by atoms with van der Waals surface area (Å²) >= 11 is 7.07. The van der Waals surface area contributed by atoms with Gasteiger partial charge in [0.2, 0.25) is 0 Å². The third kappa shape index (κ3) is 3.00. The topological polar surface area (TPSA) is 20.7 Å². The number of fused-ring (bicyclic) bond motifs is 1. The molecule has 0 aliphatic rings. The molecule has 104 valence electrons. The lowest BCUT2D eigenvalue weighted by molar-refractivity contribution is 0.540. The molecule has 1 atom stereocenters. The summed E-state index contributed by atoms with van der Waals surface area (Å²) in [7, 11) is 0. The molecule has 0 aliphatic heterocycles. The first kappa shape index (κ1) is 14.5. The normalized spacial score (nSPS) is 13.1. The summed E-state index contributed by atoms with van der Waals surface area (Å²) in [4.78, 5) is 2.82. The standard InChI is InChI=1S/C13H16F2N2S2/c1-3-19-5-4-8(2)17-11-7-9(14)6-10(15)12(11)16-13(17)18/h6-8H,3-5H2,1-2H3,(H,16,18). The molecule has 0 saturated carbocycles. The lowest BCUT2D eigenvalue weighted by atomic mass is 10.2. The van der Waals surface area contributed by atoms with Crippen LogP contribution in [0.1, 0.15) is 26.3 Å². The summed E-state index contributed by atoms with van der Waals surface area (Å²) in [5.74, 6) is 0.886. The molecule has 2 aromatic rings. The Kier molecular flexibility index (Phi) is 4.62. The first-order chi connectivity index (χ1) is 9.04. The molecule has 19 heavy (non-hydrogen) atoms. The van der Waals surface area contributed by atoms with Gasteiger partial charge in [-0.05, 0) is 43.1 Å². The van der Waals surface area contributed by atoms with Gasteiger partial charge in [0.1, 0.15) is 11.3 Å². The lowest BCUT2D eigenvalue weighted by Crippen LogP contribution is -2.06. The van der Waals surface area contributed by atoms with E-state index in [1.807, 2.05) is 18.7 Å². The van der Waals surface area contributed by atoms with Crippen molar-refractivity contribution in [3.05, 3.63) is 28.5 Å². The van der Waals surface area contributed by atoms with Crippen molar-refractivity contribution in [1.82, 2.24) is 9.55 Å². The molecule has 0 fully saturated rings. The zero-order valence-electron chi connectivity index (χ0n) is 10.9. The average Bonchev–Trinajstić information content (AvgIpc) is 2.66. The zero-order chi connectivity index (χ0) is 14.0. The van der Waals surface area contributed by atoms with E-state index in [0.29, 0.717) is 10.3 Å². The molecule has 1 aromatic heterocycles. The SMILES string of the molecule is CCSCCC(C)n1c(=S)[nH]c2c(F)cc(F)cc21. The molecule has 1 heterocycles. The largest absolute Gasteiger partial charge is 0.328 e. The molecule has 0 saturated heterocycles. The summed E-state index contributed by atoms with van der Waals surface area (Å²) in [6.45, 7) is 4.12. The quantitative estimate of drug-likeness (QED) is 0.639. The minimum atomic E-state index is -0.602. The molecule has 0 spiro atoms. The number of imidazole rings is 1. The number of aromatic nitrogens is 2. The van der Waals surface area contributed by atoms with Crippen molar-refractivity contribution in [2.45, 2.75) is 26.3 Å². The second kappa shape index (κ2) is 6.05. The number of rotatable bonds is 5. The van der Waals surface area contributed by atoms with E-state index in [1.54, 1.807) is 4.57 Å². The van der Waals surface area contributed by atoms with E-state index >= 15 is 0 Å². The van der Waals surface area contributed by atoms with E-state index in [9.17, 15) is 8.78 Å². The molecule has 0 bridgehead atoms. The highest BCUT2D eigenvalue weighted by molar-refractivity contribution is 7.99. The van der Waals surface area contributed by atoms with Crippen molar-refractivity contribution in [3.8, 4) is 0 Å². The monoisotopic (exact) mass is 302 g/mol. The lowest BCUT2D eigenvalue weighted by Gasteiger charge is -2.14. The molecule has 1 aromatic carbocycles. The first-order valence-corrected chi connectivity index (χ1v) is 7.78. The summed E-state index contributed by atoms with van der Waals surface area (Å²) in [6.07, 6.45) is 0.915. The molecule has 2 rings (SSSR count). The molecule has 2 nitrogen and oxygen atoms in total. The molecule has 0 radical (unpaired) electrons. The smallest absolute Gasteiger partial charge is 0.178 e. The van der Waals surface area contributed by atoms with Crippen molar-refractivity contribution in [3.63, 3.8) is 0 Å². The number of benzene rings is 1. The van der Waals surface area contributed by atoms with Gasteiger partial charge in [0, 0.05) is 12.1 Å². The minimum absolute atomic E-state index is 0.113. The number of aromatic amines is 1. The Morgan fingerprint density at radius 2 is 2.16 bits per heavy atom. The van der Waals surface area contributed by atoms with Crippen LogP contribution in [0.5, 0.6) is 0 Å². The van der Waals surface area contributed by atoms with Gasteiger partial charge in [-0.15, -0.1) is 0 Å². The van der Waals surface area contributed by atoms with E-state index < -0.39 is 11.6 Å². The van der Waals surface area contributed by atoms with Gasteiger partial charge in [-0.1, -0.05) is 6.92 Å². The fraction of sp³-hybridized carbons (Fsp3) is 0.462. The van der Waals surface area contributed by atoms with Crippen LogP contribution in [0.25, 0.3) is 11.0 Å². The molecule has 1 N–H and O–H groups in total. The summed E-state index contributed by atoms with van der Waals surface area (Å²) in [6, 6.07) is 2.31. The van der Waals surface area contributed by atoms with Gasteiger partial charge in [-0.2, -0.15) is 11.8 Å². The second-order valence-electron chi connectivity index (χ2n) is 4.42. The Morgan fingerprint density at radius 3 is 2.84 bits per heavy atom. The van der Waals surface area contributed by atoms with Crippen LogP contribution in [0.3, 0.4) is 0 Å². The van der Waals surface area contributed by atoms with E-state index in [1.165, 1.54) is 6.07 Å². The molecule has 0 amide bonds. The number of nitrogens with one attached hydrogen (secondary N) is 1. The number of halogens is 2. The molecular weight excluding hydrogens is 286 g/mol. The van der Waals surface area contributed by atoms with Crippen LogP contribution in [0.4, 0.5) is 8.78 Å². The third-order valence-electron chi connectivity index (χ3n) is 3.07. The molecule has 6 heteroatoms. The van der Waals surface area contributed by atoms with Gasteiger partial charge >= 0.3 is 0 Å². The van der Waals surface area contributed by atoms with Crippen LogP contribution in [0.15, 0.2) is 12.1 Å². The fourth-order valence-corrected chi connectivity index (χ4v) is 3.29. The highest BCUT2D eigenvalue weighted by Crippen LogP contribution is 2.25. The van der Waals surface area contributed by atoms with Gasteiger partial charge in [0.05, 0.1) is 5.52 Å². The van der Waals surface area contributed by atoms with Gasteiger partial charge < -0.3 is 9.55 Å². The van der Waals surface area contributed by atoms with Crippen molar-refractivity contribution in [2.75, 3.05) is 11.5 Å². The Labute approximate surface area is 120 Å². The number of hydrogen-bond donors (Lipinski definition) is 1. The first-order valence-electron chi connectivity index (χ1n) is 6.21. The zero-order valence-corrected chi connectivity index (χ0v) is 12.5. The molecule has 0 aliphatic carbocycles. The maximum Gasteiger partial charge on any atom is 0.178 e. The van der Waals surface area contributed by atoms with Crippen LogP contribution in [-0.2, 0) is 0 Å². The Hall–Kier alpha value is -0.880. The summed E-state index contributed by atoms with van der Waals surface area (Å²) < 4.78 is 29.3. The van der Waals surface area contributed by atoms with Crippen LogP contribution in [-0.4, -0.2) is 21.1 Å². The highest BCUT2D eigenvalue weighted by Gasteiger charge is 2.14. The van der Waals surface area contributed by atoms with E-state index in [2.05, 4.69) is 11.9 Å². The fourth-order valence-electron chi connectivity index (χ4n) is 2.12. The van der Waals surface area contributed by atoms with Crippen LogP contribution >= 0.6 is 24.0 Å².